The SMILES string of the molecule is Cc1cc(C)n(-c2ccc(CCC(=O)Nc3cccc(-c4csc(C)n4)c3)cc2)n1. The van der Waals surface area contributed by atoms with E-state index in [1.54, 1.807) is 11.3 Å². The Balaban J connectivity index is 1.35. The molecule has 0 aliphatic carbocycles. The van der Waals surface area contributed by atoms with Gasteiger partial charge in [0.15, 0.2) is 0 Å². The maximum atomic E-state index is 12.4. The lowest BCUT2D eigenvalue weighted by molar-refractivity contribution is -0.116. The van der Waals surface area contributed by atoms with Gasteiger partial charge >= 0.3 is 0 Å². The minimum atomic E-state index is 0.00392. The summed E-state index contributed by atoms with van der Waals surface area (Å²) in [5.41, 5.74) is 7.01. The number of carbonyl (C=O) groups is 1. The highest BCUT2D eigenvalue weighted by molar-refractivity contribution is 7.09. The van der Waals surface area contributed by atoms with Gasteiger partial charge in [-0.3, -0.25) is 4.79 Å². The van der Waals surface area contributed by atoms with Gasteiger partial charge in [-0.15, -0.1) is 11.3 Å². The number of nitrogens with one attached hydrogen (secondary N) is 1. The van der Waals surface area contributed by atoms with Crippen molar-refractivity contribution in [2.45, 2.75) is 33.6 Å². The van der Waals surface area contributed by atoms with Crippen LogP contribution in [0.15, 0.2) is 60.0 Å². The summed E-state index contributed by atoms with van der Waals surface area (Å²) in [6, 6.07) is 18.1. The quantitative estimate of drug-likeness (QED) is 0.452. The molecule has 0 spiro atoms. The van der Waals surface area contributed by atoms with Crippen LogP contribution < -0.4 is 5.32 Å². The third-order valence-corrected chi connectivity index (χ3v) is 5.67. The number of amides is 1. The molecular formula is C24H24N4OS. The van der Waals surface area contributed by atoms with Gasteiger partial charge in [-0.2, -0.15) is 5.10 Å². The van der Waals surface area contributed by atoms with E-state index in [1.807, 2.05) is 67.2 Å². The van der Waals surface area contributed by atoms with Gasteiger partial charge < -0.3 is 5.32 Å². The van der Waals surface area contributed by atoms with Crippen molar-refractivity contribution in [1.82, 2.24) is 14.8 Å². The van der Waals surface area contributed by atoms with Gasteiger partial charge in [0.05, 0.1) is 22.1 Å². The molecule has 2 aromatic heterocycles. The van der Waals surface area contributed by atoms with E-state index in [0.29, 0.717) is 12.8 Å². The number of anilines is 1. The topological polar surface area (TPSA) is 59.8 Å². The Hall–Kier alpha value is -3.25. The molecule has 6 heteroatoms. The molecule has 2 heterocycles. The molecule has 1 amide bonds. The maximum Gasteiger partial charge on any atom is 0.224 e. The van der Waals surface area contributed by atoms with E-state index in [2.05, 4.69) is 33.6 Å². The van der Waals surface area contributed by atoms with Crippen molar-refractivity contribution < 1.29 is 4.79 Å². The number of carbonyl (C=O) groups excluding carboxylic acids is 1. The fourth-order valence-electron chi connectivity index (χ4n) is 3.43. The normalized spacial score (nSPS) is 10.9. The predicted molar refractivity (Wildman–Crippen MR) is 122 cm³/mol. The fourth-order valence-corrected chi connectivity index (χ4v) is 4.05. The molecule has 152 valence electrons. The van der Waals surface area contributed by atoms with E-state index < -0.39 is 0 Å². The lowest BCUT2D eigenvalue weighted by atomic mass is 10.1. The molecule has 0 bridgehead atoms. The molecular weight excluding hydrogens is 392 g/mol. The first-order valence-electron chi connectivity index (χ1n) is 9.93. The highest BCUT2D eigenvalue weighted by Crippen LogP contribution is 2.24. The highest BCUT2D eigenvalue weighted by Gasteiger charge is 2.08. The van der Waals surface area contributed by atoms with Gasteiger partial charge in [0.1, 0.15) is 0 Å². The van der Waals surface area contributed by atoms with Crippen LogP contribution in [-0.4, -0.2) is 20.7 Å². The largest absolute Gasteiger partial charge is 0.326 e. The number of thiazole rings is 1. The van der Waals surface area contributed by atoms with Gasteiger partial charge in [0.25, 0.3) is 0 Å². The highest BCUT2D eigenvalue weighted by atomic mass is 32.1. The lowest BCUT2D eigenvalue weighted by Gasteiger charge is -2.08. The van der Waals surface area contributed by atoms with Crippen LogP contribution in [0, 0.1) is 20.8 Å². The number of rotatable bonds is 6. The second-order valence-electron chi connectivity index (χ2n) is 7.39. The fraction of sp³-hybridized carbons (Fsp3) is 0.208. The molecule has 1 N–H and O–H groups in total. The molecule has 5 nitrogen and oxygen atoms in total. The molecule has 0 unspecified atom stereocenters. The van der Waals surface area contributed by atoms with E-state index >= 15 is 0 Å². The van der Waals surface area contributed by atoms with Crippen LogP contribution in [0.5, 0.6) is 0 Å². The molecule has 30 heavy (non-hydrogen) atoms. The number of benzene rings is 2. The smallest absolute Gasteiger partial charge is 0.224 e. The van der Waals surface area contributed by atoms with Crippen LogP contribution in [0.25, 0.3) is 16.9 Å². The number of hydrogen-bond acceptors (Lipinski definition) is 4. The zero-order valence-corrected chi connectivity index (χ0v) is 18.2. The molecule has 0 radical (unpaired) electrons. The summed E-state index contributed by atoms with van der Waals surface area (Å²) < 4.78 is 1.93. The Kier molecular flexibility index (Phi) is 5.77. The van der Waals surface area contributed by atoms with Crippen molar-refractivity contribution in [1.29, 1.82) is 0 Å². The second kappa shape index (κ2) is 8.63. The van der Waals surface area contributed by atoms with Crippen molar-refractivity contribution in [2.24, 2.45) is 0 Å². The van der Waals surface area contributed by atoms with E-state index in [1.165, 1.54) is 0 Å². The van der Waals surface area contributed by atoms with Gasteiger partial charge in [-0.1, -0.05) is 24.3 Å². The van der Waals surface area contributed by atoms with Gasteiger partial charge in [0.2, 0.25) is 5.91 Å². The average Bonchev–Trinajstić information content (AvgIpc) is 3.32. The van der Waals surface area contributed by atoms with Crippen molar-refractivity contribution in [2.75, 3.05) is 5.32 Å². The van der Waals surface area contributed by atoms with E-state index in [0.717, 1.165) is 44.6 Å². The third-order valence-electron chi connectivity index (χ3n) is 4.89. The summed E-state index contributed by atoms with van der Waals surface area (Å²) in [7, 11) is 0. The van der Waals surface area contributed by atoms with Crippen molar-refractivity contribution in [3.05, 3.63) is 81.9 Å². The summed E-state index contributed by atoms with van der Waals surface area (Å²) in [6.07, 6.45) is 1.12. The van der Waals surface area contributed by atoms with E-state index in [9.17, 15) is 4.79 Å². The average molecular weight is 417 g/mol. The van der Waals surface area contributed by atoms with Crippen LogP contribution >= 0.6 is 11.3 Å². The van der Waals surface area contributed by atoms with Crippen LogP contribution in [-0.2, 0) is 11.2 Å². The number of aromatic nitrogens is 3. The maximum absolute atomic E-state index is 12.4. The molecule has 0 aliphatic rings. The number of hydrogen-bond donors (Lipinski definition) is 1. The lowest BCUT2D eigenvalue weighted by Crippen LogP contribution is -2.12. The molecule has 0 aliphatic heterocycles. The van der Waals surface area contributed by atoms with Gasteiger partial charge in [-0.05, 0) is 63.1 Å². The Morgan fingerprint density at radius 3 is 2.53 bits per heavy atom. The minimum Gasteiger partial charge on any atom is -0.326 e. The standard InChI is InChI=1S/C24H24N4OS/c1-16-13-17(2)28(27-16)22-10-7-19(8-11-22)9-12-24(29)26-21-6-4-5-20(14-21)23-15-30-18(3)25-23/h4-8,10-11,13-15H,9,12H2,1-3H3,(H,26,29). The number of nitrogens with zero attached hydrogens (tertiary/aromatic N) is 3. The molecule has 4 aromatic rings. The summed E-state index contributed by atoms with van der Waals surface area (Å²) in [6.45, 7) is 6.02. The third kappa shape index (κ3) is 4.66. The Morgan fingerprint density at radius 1 is 1.07 bits per heavy atom. The van der Waals surface area contributed by atoms with Crippen molar-refractivity contribution >= 4 is 22.9 Å². The van der Waals surface area contributed by atoms with E-state index in [-0.39, 0.29) is 5.91 Å². The molecule has 0 saturated carbocycles. The van der Waals surface area contributed by atoms with Crippen molar-refractivity contribution in [3.63, 3.8) is 0 Å². The van der Waals surface area contributed by atoms with Crippen LogP contribution in [0.2, 0.25) is 0 Å². The Labute approximate surface area is 180 Å². The molecule has 4 rings (SSSR count). The van der Waals surface area contributed by atoms with E-state index in [4.69, 9.17) is 0 Å². The van der Waals surface area contributed by atoms with Crippen molar-refractivity contribution in [3.8, 4) is 16.9 Å². The second-order valence-corrected chi connectivity index (χ2v) is 8.45. The zero-order chi connectivity index (χ0) is 21.1. The van der Waals surface area contributed by atoms with Gasteiger partial charge in [-0.25, -0.2) is 9.67 Å². The van der Waals surface area contributed by atoms with Gasteiger partial charge in [0, 0.05) is 28.7 Å². The predicted octanol–water partition coefficient (Wildman–Crippen LogP) is 5.49. The number of aryl methyl sites for hydroxylation is 4. The molecule has 0 fully saturated rings. The summed E-state index contributed by atoms with van der Waals surface area (Å²) >= 11 is 1.62. The monoisotopic (exact) mass is 416 g/mol. The molecule has 0 atom stereocenters. The summed E-state index contributed by atoms with van der Waals surface area (Å²) in [4.78, 5) is 16.9. The first-order valence-corrected chi connectivity index (χ1v) is 10.8. The summed E-state index contributed by atoms with van der Waals surface area (Å²) in [5, 5.41) is 10.6. The first kappa shape index (κ1) is 20.0. The minimum absolute atomic E-state index is 0.00392. The molecule has 2 aromatic carbocycles. The molecule has 0 saturated heterocycles. The Morgan fingerprint density at radius 2 is 1.87 bits per heavy atom. The summed E-state index contributed by atoms with van der Waals surface area (Å²) in [5.74, 6) is 0.00392. The van der Waals surface area contributed by atoms with Crippen LogP contribution in [0.4, 0.5) is 5.69 Å². The zero-order valence-electron chi connectivity index (χ0n) is 17.3. The first-order chi connectivity index (χ1) is 14.5. The Bertz CT molecular complexity index is 1170. The van der Waals surface area contributed by atoms with Crippen LogP contribution in [0.1, 0.15) is 28.4 Å². The van der Waals surface area contributed by atoms with Crippen LogP contribution in [0.3, 0.4) is 0 Å².